The van der Waals surface area contributed by atoms with Crippen LogP contribution in [0.4, 0.5) is 0 Å². The Morgan fingerprint density at radius 2 is 1.78 bits per heavy atom. The molecule has 0 atom stereocenters. The lowest BCUT2D eigenvalue weighted by Crippen LogP contribution is -2.31. The number of halogens is 1. The van der Waals surface area contributed by atoms with Gasteiger partial charge in [0.05, 0.1) is 13.7 Å². The summed E-state index contributed by atoms with van der Waals surface area (Å²) >= 11 is 5.87. The molecule has 0 aliphatic rings. The first-order valence-corrected chi connectivity index (χ1v) is 8.52. The maximum absolute atomic E-state index is 12.2. The average Bonchev–Trinajstić information content (AvgIpc) is 3.15. The van der Waals surface area contributed by atoms with Gasteiger partial charge in [-0.1, -0.05) is 16.8 Å². The summed E-state index contributed by atoms with van der Waals surface area (Å²) in [5.41, 5.74) is 0.784. The van der Waals surface area contributed by atoms with E-state index in [2.05, 4.69) is 10.1 Å². The Morgan fingerprint density at radius 3 is 2.44 bits per heavy atom. The molecule has 1 heterocycles. The summed E-state index contributed by atoms with van der Waals surface area (Å²) in [7, 11) is 3.23. The van der Waals surface area contributed by atoms with Gasteiger partial charge in [0.25, 0.3) is 5.91 Å². The van der Waals surface area contributed by atoms with Crippen molar-refractivity contribution < 1.29 is 18.8 Å². The van der Waals surface area contributed by atoms with Crippen LogP contribution in [-0.2, 0) is 11.3 Å². The van der Waals surface area contributed by atoms with Crippen molar-refractivity contribution in [1.82, 2.24) is 15.0 Å². The largest absolute Gasteiger partial charge is 0.497 e. The first kappa shape index (κ1) is 18.7. The summed E-state index contributed by atoms with van der Waals surface area (Å²) in [6.45, 7) is 0.0897. The predicted octanol–water partition coefficient (Wildman–Crippen LogP) is 3.44. The van der Waals surface area contributed by atoms with Gasteiger partial charge in [-0.3, -0.25) is 4.79 Å². The average molecular weight is 388 g/mol. The molecule has 1 aromatic heterocycles. The highest BCUT2D eigenvalue weighted by molar-refractivity contribution is 6.30. The van der Waals surface area contributed by atoms with Crippen molar-refractivity contribution in [1.29, 1.82) is 0 Å². The lowest BCUT2D eigenvalue weighted by molar-refractivity contribution is -0.132. The van der Waals surface area contributed by atoms with Crippen molar-refractivity contribution in [2.75, 3.05) is 20.8 Å². The number of carbonyl (C=O) groups is 1. The second kappa shape index (κ2) is 8.55. The van der Waals surface area contributed by atoms with E-state index >= 15 is 0 Å². The van der Waals surface area contributed by atoms with Crippen LogP contribution in [0.5, 0.6) is 11.5 Å². The van der Waals surface area contributed by atoms with Gasteiger partial charge in [0.2, 0.25) is 11.7 Å². The van der Waals surface area contributed by atoms with Crippen molar-refractivity contribution in [3.63, 3.8) is 0 Å². The minimum atomic E-state index is -0.211. The zero-order chi connectivity index (χ0) is 19.2. The molecule has 0 bridgehead atoms. The molecule has 0 N–H and O–H groups in total. The molecule has 3 rings (SSSR count). The number of carbonyl (C=O) groups excluding carboxylic acids is 1. The standard InChI is InChI=1S/C19H18ClN3O4/c1-23(18(24)12-26-16-9-7-15(25-2)8-10-16)11-17-21-19(22-27-17)13-3-5-14(20)6-4-13/h3-10H,11-12H2,1-2H3. The number of amides is 1. The number of benzene rings is 2. The molecule has 0 saturated carbocycles. The number of nitrogens with zero attached hydrogens (tertiary/aromatic N) is 3. The molecule has 2 aromatic carbocycles. The van der Waals surface area contributed by atoms with Crippen LogP contribution in [0.1, 0.15) is 5.89 Å². The Morgan fingerprint density at radius 1 is 1.11 bits per heavy atom. The van der Waals surface area contributed by atoms with E-state index in [9.17, 15) is 4.79 Å². The van der Waals surface area contributed by atoms with E-state index in [4.69, 9.17) is 25.6 Å². The van der Waals surface area contributed by atoms with E-state index < -0.39 is 0 Å². The quantitative estimate of drug-likeness (QED) is 0.618. The minimum Gasteiger partial charge on any atom is -0.497 e. The van der Waals surface area contributed by atoms with Crippen molar-refractivity contribution in [3.8, 4) is 22.9 Å². The summed E-state index contributed by atoms with van der Waals surface area (Å²) in [6, 6.07) is 14.1. The number of rotatable bonds is 7. The first-order chi connectivity index (χ1) is 13.0. The van der Waals surface area contributed by atoms with Crippen LogP contribution in [0.15, 0.2) is 53.1 Å². The summed E-state index contributed by atoms with van der Waals surface area (Å²) in [4.78, 5) is 18.0. The third-order valence-electron chi connectivity index (χ3n) is 3.79. The van der Waals surface area contributed by atoms with Gasteiger partial charge in [0.1, 0.15) is 11.5 Å². The number of hydrogen-bond acceptors (Lipinski definition) is 6. The van der Waals surface area contributed by atoms with Crippen molar-refractivity contribution in [3.05, 3.63) is 59.4 Å². The molecular weight excluding hydrogens is 370 g/mol. The van der Waals surface area contributed by atoms with Crippen LogP contribution in [-0.4, -0.2) is 41.7 Å². The summed E-state index contributed by atoms with van der Waals surface area (Å²) in [5, 5.41) is 4.56. The Balaban J connectivity index is 1.54. The molecule has 140 valence electrons. The smallest absolute Gasteiger partial charge is 0.260 e. The SMILES string of the molecule is COc1ccc(OCC(=O)N(C)Cc2nc(-c3ccc(Cl)cc3)no2)cc1. The van der Waals surface area contributed by atoms with Crippen molar-refractivity contribution in [2.24, 2.45) is 0 Å². The van der Waals surface area contributed by atoms with Gasteiger partial charge in [-0.2, -0.15) is 4.98 Å². The minimum absolute atomic E-state index is 0.0962. The number of likely N-dealkylation sites (N-methyl/N-ethyl adjacent to an activating group) is 1. The van der Waals surface area contributed by atoms with Gasteiger partial charge in [0.15, 0.2) is 6.61 Å². The zero-order valence-electron chi connectivity index (χ0n) is 14.9. The molecule has 0 unspecified atom stereocenters. The summed E-state index contributed by atoms with van der Waals surface area (Å²) in [6.07, 6.45) is 0. The molecule has 0 radical (unpaired) electrons. The molecular formula is C19H18ClN3O4. The second-order valence-corrected chi connectivity index (χ2v) is 6.17. The number of hydrogen-bond donors (Lipinski definition) is 0. The normalized spacial score (nSPS) is 10.5. The zero-order valence-corrected chi connectivity index (χ0v) is 15.6. The fraction of sp³-hybridized carbons (Fsp3) is 0.211. The maximum atomic E-state index is 12.2. The van der Waals surface area contributed by atoms with E-state index in [0.29, 0.717) is 22.5 Å². The molecule has 8 heteroatoms. The van der Waals surface area contributed by atoms with E-state index in [1.807, 2.05) is 0 Å². The predicted molar refractivity (Wildman–Crippen MR) is 99.7 cm³/mol. The highest BCUT2D eigenvalue weighted by Crippen LogP contribution is 2.19. The molecule has 27 heavy (non-hydrogen) atoms. The number of methoxy groups -OCH3 is 1. The van der Waals surface area contributed by atoms with Gasteiger partial charge in [-0.15, -0.1) is 0 Å². The van der Waals surface area contributed by atoms with Crippen molar-refractivity contribution in [2.45, 2.75) is 6.54 Å². The Hall–Kier alpha value is -3.06. The van der Waals surface area contributed by atoms with Crippen LogP contribution in [0, 0.1) is 0 Å². The maximum Gasteiger partial charge on any atom is 0.260 e. The molecule has 0 aliphatic heterocycles. The molecule has 1 amide bonds. The van der Waals surface area contributed by atoms with E-state index in [-0.39, 0.29) is 19.1 Å². The van der Waals surface area contributed by atoms with Gasteiger partial charge in [0, 0.05) is 17.6 Å². The molecule has 3 aromatic rings. The Labute approximate surface area is 161 Å². The van der Waals surface area contributed by atoms with E-state index in [1.54, 1.807) is 62.7 Å². The van der Waals surface area contributed by atoms with E-state index in [1.165, 1.54) is 4.90 Å². The van der Waals surface area contributed by atoms with Crippen LogP contribution in [0.3, 0.4) is 0 Å². The number of aromatic nitrogens is 2. The lowest BCUT2D eigenvalue weighted by Gasteiger charge is -2.15. The van der Waals surface area contributed by atoms with Crippen molar-refractivity contribution >= 4 is 17.5 Å². The Bertz CT molecular complexity index is 894. The van der Waals surface area contributed by atoms with Gasteiger partial charge in [-0.25, -0.2) is 0 Å². The third-order valence-corrected chi connectivity index (χ3v) is 4.04. The number of ether oxygens (including phenoxy) is 2. The molecule has 0 fully saturated rings. The Kier molecular flexibility index (Phi) is 5.93. The first-order valence-electron chi connectivity index (χ1n) is 8.14. The molecule has 0 aliphatic carbocycles. The molecule has 0 saturated heterocycles. The molecule has 7 nitrogen and oxygen atoms in total. The second-order valence-electron chi connectivity index (χ2n) is 5.73. The fourth-order valence-corrected chi connectivity index (χ4v) is 2.38. The van der Waals surface area contributed by atoms with Crippen LogP contribution >= 0.6 is 11.6 Å². The van der Waals surface area contributed by atoms with Gasteiger partial charge >= 0.3 is 0 Å². The van der Waals surface area contributed by atoms with E-state index in [0.717, 1.165) is 11.3 Å². The summed E-state index contributed by atoms with van der Waals surface area (Å²) in [5.74, 6) is 1.87. The highest BCUT2D eigenvalue weighted by Gasteiger charge is 2.15. The monoisotopic (exact) mass is 387 g/mol. The van der Waals surface area contributed by atoms with Gasteiger partial charge in [-0.05, 0) is 48.5 Å². The highest BCUT2D eigenvalue weighted by atomic mass is 35.5. The summed E-state index contributed by atoms with van der Waals surface area (Å²) < 4.78 is 15.8. The van der Waals surface area contributed by atoms with Gasteiger partial charge < -0.3 is 18.9 Å². The third kappa shape index (κ3) is 4.98. The topological polar surface area (TPSA) is 77.7 Å². The lowest BCUT2D eigenvalue weighted by atomic mass is 10.2. The molecule has 0 spiro atoms. The van der Waals surface area contributed by atoms with Crippen LogP contribution < -0.4 is 9.47 Å². The fourth-order valence-electron chi connectivity index (χ4n) is 2.25. The van der Waals surface area contributed by atoms with Crippen LogP contribution in [0.2, 0.25) is 5.02 Å². The van der Waals surface area contributed by atoms with Crippen LogP contribution in [0.25, 0.3) is 11.4 Å².